The van der Waals surface area contributed by atoms with Crippen LogP contribution in [0.15, 0.2) is 12.3 Å². The van der Waals surface area contributed by atoms with Crippen molar-refractivity contribution in [2.24, 2.45) is 0 Å². The normalized spacial score (nSPS) is 11.2. The number of aromatic nitrogens is 1. The van der Waals surface area contributed by atoms with Crippen molar-refractivity contribution in [3.63, 3.8) is 0 Å². The number of nitrogens with two attached hydrogens (primary N) is 1. The predicted octanol–water partition coefficient (Wildman–Crippen LogP) is 1.20. The van der Waals surface area contributed by atoms with Crippen molar-refractivity contribution < 1.29 is 14.6 Å². The van der Waals surface area contributed by atoms with Crippen LogP contribution in [0.3, 0.4) is 0 Å². The number of hydrogen-bond donors (Lipinski definition) is 3. The van der Waals surface area contributed by atoms with E-state index in [-0.39, 0.29) is 11.2 Å². The van der Waals surface area contributed by atoms with Crippen molar-refractivity contribution in [1.29, 1.82) is 0 Å². The van der Waals surface area contributed by atoms with Gasteiger partial charge in [-0.25, -0.2) is 9.78 Å². The summed E-state index contributed by atoms with van der Waals surface area (Å²) >= 11 is 0. The Morgan fingerprint density at radius 1 is 1.65 bits per heavy atom. The molecule has 0 spiro atoms. The molecule has 0 radical (unpaired) electrons. The van der Waals surface area contributed by atoms with Crippen LogP contribution in [0, 0.1) is 0 Å². The SMILES string of the molecule is COC(C)(C)CNc1ncc(C(=O)O)cc1N. The second kappa shape index (κ2) is 5.01. The van der Waals surface area contributed by atoms with E-state index in [0.717, 1.165) is 0 Å². The summed E-state index contributed by atoms with van der Waals surface area (Å²) in [6, 6.07) is 1.37. The van der Waals surface area contributed by atoms with Gasteiger partial charge in [-0.3, -0.25) is 0 Å². The van der Waals surface area contributed by atoms with Crippen molar-refractivity contribution in [2.45, 2.75) is 19.4 Å². The molecule has 0 aromatic carbocycles. The molecule has 0 aliphatic heterocycles. The van der Waals surface area contributed by atoms with Gasteiger partial charge in [-0.1, -0.05) is 0 Å². The molecule has 0 bridgehead atoms. The van der Waals surface area contributed by atoms with Gasteiger partial charge >= 0.3 is 5.97 Å². The van der Waals surface area contributed by atoms with Gasteiger partial charge in [0, 0.05) is 19.9 Å². The van der Waals surface area contributed by atoms with E-state index in [9.17, 15) is 4.79 Å². The van der Waals surface area contributed by atoms with Crippen molar-refractivity contribution in [3.05, 3.63) is 17.8 Å². The highest BCUT2D eigenvalue weighted by molar-refractivity contribution is 5.89. The first-order valence-corrected chi connectivity index (χ1v) is 5.13. The van der Waals surface area contributed by atoms with Gasteiger partial charge in [0.2, 0.25) is 0 Å². The average molecular weight is 239 g/mol. The number of ether oxygens (including phenoxy) is 1. The van der Waals surface area contributed by atoms with Gasteiger partial charge in [-0.15, -0.1) is 0 Å². The molecular formula is C11H17N3O3. The second-order valence-corrected chi connectivity index (χ2v) is 4.28. The molecule has 0 aliphatic carbocycles. The third-order valence-corrected chi connectivity index (χ3v) is 2.40. The molecule has 0 atom stereocenters. The highest BCUT2D eigenvalue weighted by atomic mass is 16.5. The number of aromatic carboxylic acids is 1. The molecule has 0 fully saturated rings. The van der Waals surface area contributed by atoms with Crippen LogP contribution in [0.5, 0.6) is 0 Å². The minimum atomic E-state index is -1.05. The van der Waals surface area contributed by atoms with Crippen LogP contribution in [0.1, 0.15) is 24.2 Å². The maximum Gasteiger partial charge on any atom is 0.337 e. The van der Waals surface area contributed by atoms with Gasteiger partial charge in [0.25, 0.3) is 0 Å². The van der Waals surface area contributed by atoms with Gasteiger partial charge in [0.1, 0.15) is 5.82 Å². The first-order valence-electron chi connectivity index (χ1n) is 5.13. The number of methoxy groups -OCH3 is 1. The van der Waals surface area contributed by atoms with Crippen LogP contribution in [-0.4, -0.2) is 35.3 Å². The minimum absolute atomic E-state index is 0.0686. The van der Waals surface area contributed by atoms with E-state index in [1.165, 1.54) is 12.3 Å². The molecule has 6 heteroatoms. The van der Waals surface area contributed by atoms with Gasteiger partial charge in [0.05, 0.1) is 16.9 Å². The lowest BCUT2D eigenvalue weighted by molar-refractivity contribution is 0.0343. The van der Waals surface area contributed by atoms with Crippen molar-refractivity contribution in [1.82, 2.24) is 4.98 Å². The fraction of sp³-hybridized carbons (Fsp3) is 0.455. The van der Waals surface area contributed by atoms with Crippen LogP contribution in [0.4, 0.5) is 11.5 Å². The Hall–Kier alpha value is -1.82. The number of nitrogens with one attached hydrogen (secondary N) is 1. The molecular weight excluding hydrogens is 222 g/mol. The zero-order chi connectivity index (χ0) is 13.1. The molecule has 0 saturated heterocycles. The molecule has 1 aromatic rings. The number of anilines is 2. The molecule has 17 heavy (non-hydrogen) atoms. The first kappa shape index (κ1) is 13.2. The molecule has 0 aliphatic rings. The van der Waals surface area contributed by atoms with Gasteiger partial charge < -0.3 is 20.9 Å². The Morgan fingerprint density at radius 3 is 2.76 bits per heavy atom. The monoisotopic (exact) mass is 239 g/mol. The molecule has 1 heterocycles. The van der Waals surface area contributed by atoms with Crippen LogP contribution < -0.4 is 11.1 Å². The predicted molar refractivity (Wildman–Crippen MR) is 65.2 cm³/mol. The van der Waals surface area contributed by atoms with E-state index in [1.54, 1.807) is 7.11 Å². The lowest BCUT2D eigenvalue weighted by atomic mass is 10.1. The summed E-state index contributed by atoms with van der Waals surface area (Å²) in [7, 11) is 1.62. The quantitative estimate of drug-likeness (QED) is 0.714. The van der Waals surface area contributed by atoms with E-state index >= 15 is 0 Å². The molecule has 94 valence electrons. The molecule has 4 N–H and O–H groups in total. The number of nitrogens with zero attached hydrogens (tertiary/aromatic N) is 1. The second-order valence-electron chi connectivity index (χ2n) is 4.28. The molecule has 6 nitrogen and oxygen atoms in total. The lowest BCUT2D eigenvalue weighted by Gasteiger charge is -2.23. The van der Waals surface area contributed by atoms with E-state index in [4.69, 9.17) is 15.6 Å². The third kappa shape index (κ3) is 3.60. The third-order valence-electron chi connectivity index (χ3n) is 2.40. The van der Waals surface area contributed by atoms with E-state index < -0.39 is 5.97 Å². The number of rotatable bonds is 5. The summed E-state index contributed by atoms with van der Waals surface area (Å²) in [5, 5.41) is 11.8. The molecule has 1 rings (SSSR count). The largest absolute Gasteiger partial charge is 0.478 e. The topological polar surface area (TPSA) is 97.5 Å². The highest BCUT2D eigenvalue weighted by Crippen LogP contribution is 2.18. The number of carboxylic acid groups (broad SMARTS) is 1. The van der Waals surface area contributed by atoms with E-state index in [1.807, 2.05) is 13.8 Å². The summed E-state index contributed by atoms with van der Waals surface area (Å²) in [4.78, 5) is 14.7. The maximum atomic E-state index is 10.7. The Labute approximate surface area is 99.8 Å². The standard InChI is InChI=1S/C11H17N3O3/c1-11(2,17-3)6-14-9-8(12)4-7(5-13-9)10(15)16/h4-5H,6,12H2,1-3H3,(H,13,14)(H,15,16). The summed E-state index contributed by atoms with van der Waals surface area (Å²) in [5.41, 5.74) is 5.72. The number of carbonyl (C=O) groups is 1. The summed E-state index contributed by atoms with van der Waals surface area (Å²) in [6.45, 7) is 4.36. The maximum absolute atomic E-state index is 10.7. The Morgan fingerprint density at radius 2 is 2.29 bits per heavy atom. The van der Waals surface area contributed by atoms with Crippen LogP contribution >= 0.6 is 0 Å². The van der Waals surface area contributed by atoms with Gasteiger partial charge in [-0.2, -0.15) is 0 Å². The highest BCUT2D eigenvalue weighted by Gasteiger charge is 2.17. The first-order chi connectivity index (χ1) is 7.85. The number of pyridine rings is 1. The Kier molecular flexibility index (Phi) is 3.90. The fourth-order valence-electron chi connectivity index (χ4n) is 1.12. The number of nitrogen functional groups attached to an aromatic ring is 1. The van der Waals surface area contributed by atoms with E-state index in [2.05, 4.69) is 10.3 Å². The van der Waals surface area contributed by atoms with E-state index in [0.29, 0.717) is 18.1 Å². The summed E-state index contributed by atoms with van der Waals surface area (Å²) in [5.74, 6) is -0.590. The van der Waals surface area contributed by atoms with Crippen molar-refractivity contribution >= 4 is 17.5 Å². The summed E-state index contributed by atoms with van der Waals surface area (Å²) in [6.07, 6.45) is 1.26. The number of hydrogen-bond acceptors (Lipinski definition) is 5. The lowest BCUT2D eigenvalue weighted by Crippen LogP contribution is -2.32. The van der Waals surface area contributed by atoms with Crippen LogP contribution in [0.2, 0.25) is 0 Å². The van der Waals surface area contributed by atoms with Gasteiger partial charge in [0.15, 0.2) is 0 Å². The fourth-order valence-corrected chi connectivity index (χ4v) is 1.12. The minimum Gasteiger partial charge on any atom is -0.478 e. The zero-order valence-electron chi connectivity index (χ0n) is 10.2. The molecule has 0 saturated carbocycles. The summed E-state index contributed by atoms with van der Waals surface area (Å²) < 4.78 is 5.24. The average Bonchev–Trinajstić information content (AvgIpc) is 2.27. The smallest absolute Gasteiger partial charge is 0.337 e. The van der Waals surface area contributed by atoms with Crippen molar-refractivity contribution in [2.75, 3.05) is 24.7 Å². The molecule has 0 amide bonds. The van der Waals surface area contributed by atoms with Crippen LogP contribution in [0.25, 0.3) is 0 Å². The molecule has 0 unspecified atom stereocenters. The van der Waals surface area contributed by atoms with Crippen LogP contribution in [-0.2, 0) is 4.74 Å². The zero-order valence-corrected chi connectivity index (χ0v) is 10.2. The Balaban J connectivity index is 2.77. The number of carboxylic acids is 1. The van der Waals surface area contributed by atoms with Gasteiger partial charge in [-0.05, 0) is 19.9 Å². The van der Waals surface area contributed by atoms with Crippen molar-refractivity contribution in [3.8, 4) is 0 Å². The Bertz CT molecular complexity index is 418. The molecule has 1 aromatic heterocycles.